The van der Waals surface area contributed by atoms with E-state index in [9.17, 15) is 13.2 Å². The molecule has 0 spiro atoms. The minimum atomic E-state index is -3.47. The summed E-state index contributed by atoms with van der Waals surface area (Å²) < 4.78 is 34.2. The molecule has 3 rings (SSSR count). The van der Waals surface area contributed by atoms with Crippen molar-refractivity contribution in [3.8, 4) is 0 Å². The van der Waals surface area contributed by atoms with E-state index in [1.54, 1.807) is 26.5 Å². The summed E-state index contributed by atoms with van der Waals surface area (Å²) in [7, 11) is -0.383. The number of allylic oxidation sites excluding steroid dienone is 1. The minimum Gasteiger partial charge on any atom is -0.356 e. The van der Waals surface area contributed by atoms with Crippen LogP contribution in [-0.2, 0) is 30.5 Å². The molecule has 1 saturated carbocycles. The molecule has 1 N–H and O–H groups in total. The highest BCUT2D eigenvalue weighted by Gasteiger charge is 2.21. The first-order chi connectivity index (χ1) is 15.7. The summed E-state index contributed by atoms with van der Waals surface area (Å²) in [5.74, 6) is 0.206. The largest absolute Gasteiger partial charge is 0.356 e. The molecule has 0 radical (unpaired) electrons. The van der Waals surface area contributed by atoms with Crippen LogP contribution in [0.3, 0.4) is 0 Å². The van der Waals surface area contributed by atoms with Gasteiger partial charge in [0.1, 0.15) is 0 Å². The second-order valence-corrected chi connectivity index (χ2v) is 10.4. The van der Waals surface area contributed by atoms with E-state index >= 15 is 0 Å². The van der Waals surface area contributed by atoms with Gasteiger partial charge in [0.2, 0.25) is 0 Å². The van der Waals surface area contributed by atoms with Crippen LogP contribution in [-0.4, -0.2) is 51.1 Å². The Labute approximate surface area is 199 Å². The van der Waals surface area contributed by atoms with Crippen LogP contribution in [0.15, 0.2) is 41.6 Å². The molecule has 1 aliphatic rings. The minimum absolute atomic E-state index is 0.0282. The smallest absolute Gasteiger partial charge is 0.257 e. The predicted molar refractivity (Wildman–Crippen MR) is 127 cm³/mol. The summed E-state index contributed by atoms with van der Waals surface area (Å²) >= 11 is 6.24. The lowest BCUT2D eigenvalue weighted by molar-refractivity contribution is -0.111. The number of nitrogens with zero attached hydrogens (tertiary/aromatic N) is 2. The highest BCUT2D eigenvalue weighted by Crippen LogP contribution is 2.32. The van der Waals surface area contributed by atoms with E-state index in [0.717, 1.165) is 31.9 Å². The Kier molecular flexibility index (Phi) is 8.58. The Bertz CT molecular complexity index is 1110. The molecule has 1 heterocycles. The van der Waals surface area contributed by atoms with Crippen molar-refractivity contribution in [1.82, 2.24) is 9.97 Å². The number of carbonyl (C=O) groups is 1. The van der Waals surface area contributed by atoms with Crippen molar-refractivity contribution < 1.29 is 22.7 Å². The average molecular weight is 494 g/mol. The van der Waals surface area contributed by atoms with Gasteiger partial charge in [-0.3, -0.25) is 9.78 Å². The SMILES string of the molecule is COC(Cc1cnc(NC(=O)/C(=C/C2CCCC2)c2ccc(S(C)(=O)=O)c(Cl)c2)cn1)OC. The number of halogens is 1. The lowest BCUT2D eigenvalue weighted by Crippen LogP contribution is -2.18. The van der Waals surface area contributed by atoms with E-state index < -0.39 is 16.1 Å². The molecule has 8 nitrogen and oxygen atoms in total. The molecular formula is C23H28ClN3O5S. The van der Waals surface area contributed by atoms with Gasteiger partial charge in [-0.1, -0.05) is 36.6 Å². The molecule has 10 heteroatoms. The summed E-state index contributed by atoms with van der Waals surface area (Å²) in [4.78, 5) is 21.8. The number of sulfone groups is 1. The number of benzene rings is 1. The van der Waals surface area contributed by atoms with Gasteiger partial charge >= 0.3 is 0 Å². The summed E-state index contributed by atoms with van der Waals surface area (Å²) in [6, 6.07) is 4.55. The quantitative estimate of drug-likeness (QED) is 0.416. The second-order valence-electron chi connectivity index (χ2n) is 7.99. The summed E-state index contributed by atoms with van der Waals surface area (Å²) in [6.45, 7) is 0. The van der Waals surface area contributed by atoms with E-state index in [1.165, 1.54) is 18.3 Å². The molecule has 1 aliphatic carbocycles. The van der Waals surface area contributed by atoms with Crippen LogP contribution in [0.4, 0.5) is 5.82 Å². The number of ether oxygens (including phenoxy) is 2. The number of anilines is 1. The van der Waals surface area contributed by atoms with E-state index in [1.807, 2.05) is 6.08 Å². The maximum Gasteiger partial charge on any atom is 0.257 e. The fourth-order valence-corrected chi connectivity index (χ4v) is 5.10. The summed E-state index contributed by atoms with van der Waals surface area (Å²) in [5, 5.41) is 2.86. The van der Waals surface area contributed by atoms with Crippen LogP contribution in [0, 0.1) is 5.92 Å². The Balaban J connectivity index is 1.84. The number of nitrogens with one attached hydrogen (secondary N) is 1. The predicted octanol–water partition coefficient (Wildman–Crippen LogP) is 3.91. The standard InChI is InChI=1S/C23H28ClN3O5S/c1-31-22(32-2)12-17-13-26-21(14-25-17)27-23(28)18(10-15-6-4-5-7-15)16-8-9-20(19(24)11-16)33(3,29)30/h8-11,13-15,22H,4-7,12H2,1-3H3,(H,26,27,28)/b18-10+. The number of rotatable bonds is 9. The molecule has 33 heavy (non-hydrogen) atoms. The van der Waals surface area contributed by atoms with Crippen molar-refractivity contribution in [2.75, 3.05) is 25.8 Å². The fraction of sp³-hybridized carbons (Fsp3) is 0.435. The first kappa shape index (κ1) is 25.3. The summed E-state index contributed by atoms with van der Waals surface area (Å²) in [6.07, 6.45) is 10.3. The Hall–Kier alpha value is -2.33. The maximum atomic E-state index is 13.2. The monoisotopic (exact) mass is 493 g/mol. The first-order valence-corrected chi connectivity index (χ1v) is 12.9. The van der Waals surface area contributed by atoms with Gasteiger partial charge in [-0.15, -0.1) is 0 Å². The zero-order valence-electron chi connectivity index (χ0n) is 18.9. The van der Waals surface area contributed by atoms with Crippen LogP contribution in [0.1, 0.15) is 36.9 Å². The number of methoxy groups -OCH3 is 2. The normalized spacial score (nSPS) is 15.2. The van der Waals surface area contributed by atoms with Crippen LogP contribution in [0.5, 0.6) is 0 Å². The van der Waals surface area contributed by atoms with Crippen LogP contribution >= 0.6 is 11.6 Å². The van der Waals surface area contributed by atoms with Gasteiger partial charge in [-0.25, -0.2) is 13.4 Å². The third kappa shape index (κ3) is 6.83. The van der Waals surface area contributed by atoms with Gasteiger partial charge < -0.3 is 14.8 Å². The Morgan fingerprint density at radius 1 is 1.21 bits per heavy atom. The van der Waals surface area contributed by atoms with Gasteiger partial charge in [0.25, 0.3) is 5.91 Å². The fourth-order valence-electron chi connectivity index (χ4n) is 3.77. The molecule has 0 bridgehead atoms. The molecule has 1 aromatic carbocycles. The van der Waals surface area contributed by atoms with Crippen LogP contribution < -0.4 is 5.32 Å². The van der Waals surface area contributed by atoms with Crippen molar-refractivity contribution in [3.05, 3.63) is 52.9 Å². The zero-order valence-corrected chi connectivity index (χ0v) is 20.4. The molecular weight excluding hydrogens is 466 g/mol. The van der Waals surface area contributed by atoms with Gasteiger partial charge in [-0.2, -0.15) is 0 Å². The highest BCUT2D eigenvalue weighted by molar-refractivity contribution is 7.90. The lowest BCUT2D eigenvalue weighted by Gasteiger charge is -2.14. The van der Waals surface area contributed by atoms with Crippen LogP contribution in [0.25, 0.3) is 5.57 Å². The molecule has 0 saturated heterocycles. The number of aromatic nitrogens is 2. The molecule has 0 aliphatic heterocycles. The molecule has 1 aromatic heterocycles. The van der Waals surface area contributed by atoms with E-state index in [0.29, 0.717) is 29.1 Å². The maximum absolute atomic E-state index is 13.2. The number of hydrogen-bond donors (Lipinski definition) is 1. The second kappa shape index (κ2) is 11.2. The van der Waals surface area contributed by atoms with Gasteiger partial charge in [0.15, 0.2) is 21.9 Å². The molecule has 0 atom stereocenters. The molecule has 2 aromatic rings. The van der Waals surface area contributed by atoms with Crippen molar-refractivity contribution in [2.45, 2.75) is 43.3 Å². The summed E-state index contributed by atoms with van der Waals surface area (Å²) in [5.41, 5.74) is 1.63. The van der Waals surface area contributed by atoms with E-state index in [4.69, 9.17) is 21.1 Å². The van der Waals surface area contributed by atoms with Gasteiger partial charge in [-0.05, 0) is 36.5 Å². The third-order valence-corrected chi connectivity index (χ3v) is 7.12. The Morgan fingerprint density at radius 3 is 2.45 bits per heavy atom. The molecule has 0 unspecified atom stereocenters. The number of carbonyl (C=O) groups excluding carboxylic acids is 1. The average Bonchev–Trinajstić information content (AvgIpc) is 3.29. The topological polar surface area (TPSA) is 107 Å². The van der Waals surface area contributed by atoms with Crippen molar-refractivity contribution in [1.29, 1.82) is 0 Å². The zero-order chi connectivity index (χ0) is 24.0. The lowest BCUT2D eigenvalue weighted by atomic mass is 9.98. The Morgan fingerprint density at radius 2 is 1.91 bits per heavy atom. The number of hydrogen-bond acceptors (Lipinski definition) is 7. The van der Waals surface area contributed by atoms with E-state index in [2.05, 4.69) is 15.3 Å². The first-order valence-electron chi connectivity index (χ1n) is 10.6. The van der Waals surface area contributed by atoms with Gasteiger partial charge in [0, 0.05) is 32.5 Å². The third-order valence-electron chi connectivity index (χ3n) is 5.54. The molecule has 178 valence electrons. The van der Waals surface area contributed by atoms with E-state index in [-0.39, 0.29) is 21.7 Å². The highest BCUT2D eigenvalue weighted by atomic mass is 35.5. The molecule has 1 amide bonds. The van der Waals surface area contributed by atoms with Gasteiger partial charge in [0.05, 0.1) is 28.0 Å². The molecule has 1 fully saturated rings. The van der Waals surface area contributed by atoms with Crippen molar-refractivity contribution in [3.63, 3.8) is 0 Å². The van der Waals surface area contributed by atoms with Crippen molar-refractivity contribution in [2.24, 2.45) is 5.92 Å². The van der Waals surface area contributed by atoms with Crippen molar-refractivity contribution >= 4 is 38.7 Å². The van der Waals surface area contributed by atoms with Crippen LogP contribution in [0.2, 0.25) is 5.02 Å². The number of amides is 1.